The van der Waals surface area contributed by atoms with Crippen LogP contribution in [0.2, 0.25) is 0 Å². The highest BCUT2D eigenvalue weighted by Gasteiger charge is 2.11. The Balaban J connectivity index is 1.77. The lowest BCUT2D eigenvalue weighted by atomic mass is 10.1. The van der Waals surface area contributed by atoms with Crippen LogP contribution in [0.15, 0.2) is 34.8 Å². The van der Waals surface area contributed by atoms with Crippen molar-refractivity contribution >= 4 is 21.6 Å². The van der Waals surface area contributed by atoms with Crippen molar-refractivity contribution in [1.82, 2.24) is 0 Å². The molecule has 0 radical (unpaired) electrons. The fraction of sp³-hybridized carbons (Fsp3) is 0.333. The van der Waals surface area contributed by atoms with Gasteiger partial charge in [-0.3, -0.25) is 0 Å². The number of benzene rings is 2. The summed E-state index contributed by atoms with van der Waals surface area (Å²) < 4.78 is 1.15. The van der Waals surface area contributed by atoms with Gasteiger partial charge in [-0.25, -0.2) is 0 Å². The Morgan fingerprint density at radius 1 is 1.05 bits per heavy atom. The van der Waals surface area contributed by atoms with Gasteiger partial charge in [0.25, 0.3) is 0 Å². The van der Waals surface area contributed by atoms with Gasteiger partial charge < -0.3 is 5.32 Å². The van der Waals surface area contributed by atoms with Gasteiger partial charge in [0, 0.05) is 11.0 Å². The number of nitrogens with one attached hydrogen (secondary N) is 1. The normalized spacial score (nSPS) is 13.3. The van der Waals surface area contributed by atoms with Gasteiger partial charge in [-0.15, -0.1) is 0 Å². The topological polar surface area (TPSA) is 12.0 Å². The molecule has 0 saturated heterocycles. The molecule has 0 aliphatic heterocycles. The predicted molar refractivity (Wildman–Crippen MR) is 89.4 cm³/mol. The molecule has 0 aromatic heterocycles. The molecule has 0 heterocycles. The Labute approximate surface area is 129 Å². The number of halogens is 1. The molecule has 1 aliphatic rings. The molecule has 2 heteroatoms. The Morgan fingerprint density at radius 2 is 1.85 bits per heavy atom. The molecular formula is C18H20BrN. The van der Waals surface area contributed by atoms with E-state index < -0.39 is 0 Å². The molecule has 2 aromatic rings. The SMILES string of the molecule is Cc1cc(C)c(NCc2ccc3c(c2)CCC3)c(Br)c1. The van der Waals surface area contributed by atoms with Crippen LogP contribution in [0, 0.1) is 13.8 Å². The molecule has 1 N–H and O–H groups in total. The maximum Gasteiger partial charge on any atom is 0.0517 e. The summed E-state index contributed by atoms with van der Waals surface area (Å²) in [5.41, 5.74) is 8.24. The van der Waals surface area contributed by atoms with Gasteiger partial charge in [0.05, 0.1) is 5.69 Å². The van der Waals surface area contributed by atoms with Crippen LogP contribution in [0.5, 0.6) is 0 Å². The zero-order chi connectivity index (χ0) is 14.1. The molecule has 0 fully saturated rings. The molecule has 2 aromatic carbocycles. The van der Waals surface area contributed by atoms with E-state index in [0.29, 0.717) is 0 Å². The van der Waals surface area contributed by atoms with E-state index in [0.717, 1.165) is 11.0 Å². The first-order chi connectivity index (χ1) is 9.63. The van der Waals surface area contributed by atoms with E-state index in [4.69, 9.17) is 0 Å². The minimum atomic E-state index is 0.885. The van der Waals surface area contributed by atoms with Crippen molar-refractivity contribution in [3.63, 3.8) is 0 Å². The first kappa shape index (κ1) is 13.7. The van der Waals surface area contributed by atoms with Crippen molar-refractivity contribution in [3.05, 3.63) is 62.6 Å². The second-order valence-corrected chi connectivity index (χ2v) is 6.60. The summed E-state index contributed by atoms with van der Waals surface area (Å²) in [6.07, 6.45) is 3.82. The fourth-order valence-corrected chi connectivity index (χ4v) is 3.88. The van der Waals surface area contributed by atoms with Crippen LogP contribution in [0.4, 0.5) is 5.69 Å². The van der Waals surface area contributed by atoms with Gasteiger partial charge in [0.1, 0.15) is 0 Å². The lowest BCUT2D eigenvalue weighted by Crippen LogP contribution is -2.03. The van der Waals surface area contributed by atoms with Gasteiger partial charge in [0.15, 0.2) is 0 Å². The number of anilines is 1. The molecule has 20 heavy (non-hydrogen) atoms. The van der Waals surface area contributed by atoms with Gasteiger partial charge in [-0.1, -0.05) is 24.3 Å². The highest BCUT2D eigenvalue weighted by molar-refractivity contribution is 9.10. The van der Waals surface area contributed by atoms with E-state index in [1.54, 1.807) is 11.1 Å². The average Bonchev–Trinajstić information content (AvgIpc) is 2.84. The molecule has 1 nitrogen and oxygen atoms in total. The van der Waals surface area contributed by atoms with Gasteiger partial charge in [-0.05, 0) is 82.9 Å². The summed E-state index contributed by atoms with van der Waals surface area (Å²) in [6, 6.07) is 11.3. The van der Waals surface area contributed by atoms with E-state index in [1.807, 2.05) is 0 Å². The molecule has 3 rings (SSSR count). The minimum absolute atomic E-state index is 0.885. The van der Waals surface area contributed by atoms with E-state index in [9.17, 15) is 0 Å². The molecule has 0 spiro atoms. The van der Waals surface area contributed by atoms with Crippen molar-refractivity contribution in [2.45, 2.75) is 39.7 Å². The Morgan fingerprint density at radius 3 is 2.65 bits per heavy atom. The van der Waals surface area contributed by atoms with Crippen LogP contribution >= 0.6 is 15.9 Å². The molecule has 0 unspecified atom stereocenters. The maximum atomic E-state index is 3.66. The van der Waals surface area contributed by atoms with Gasteiger partial charge in [0.2, 0.25) is 0 Å². The van der Waals surface area contributed by atoms with Crippen LogP contribution in [0.3, 0.4) is 0 Å². The Kier molecular flexibility index (Phi) is 3.84. The second-order valence-electron chi connectivity index (χ2n) is 5.75. The van der Waals surface area contributed by atoms with Crippen molar-refractivity contribution < 1.29 is 0 Å². The first-order valence-corrected chi connectivity index (χ1v) is 8.04. The average molecular weight is 330 g/mol. The minimum Gasteiger partial charge on any atom is -0.380 e. The van der Waals surface area contributed by atoms with Crippen molar-refractivity contribution in [2.24, 2.45) is 0 Å². The summed E-state index contributed by atoms with van der Waals surface area (Å²) >= 11 is 3.66. The predicted octanol–water partition coefficient (Wildman–Crippen LogP) is 5.17. The summed E-state index contributed by atoms with van der Waals surface area (Å²) in [6.45, 7) is 5.17. The number of fused-ring (bicyclic) bond motifs is 1. The third-order valence-electron chi connectivity index (χ3n) is 4.06. The van der Waals surface area contributed by atoms with Gasteiger partial charge >= 0.3 is 0 Å². The lowest BCUT2D eigenvalue weighted by Gasteiger charge is -2.13. The number of aryl methyl sites for hydroxylation is 4. The summed E-state index contributed by atoms with van der Waals surface area (Å²) in [5.74, 6) is 0. The highest BCUT2D eigenvalue weighted by Crippen LogP contribution is 2.29. The zero-order valence-electron chi connectivity index (χ0n) is 12.1. The molecular weight excluding hydrogens is 310 g/mol. The quantitative estimate of drug-likeness (QED) is 0.819. The van der Waals surface area contributed by atoms with Crippen LogP contribution < -0.4 is 5.32 Å². The number of rotatable bonds is 3. The fourth-order valence-electron chi connectivity index (χ4n) is 3.07. The smallest absolute Gasteiger partial charge is 0.0517 e. The molecule has 0 bridgehead atoms. The molecule has 104 valence electrons. The molecule has 1 aliphatic carbocycles. The van der Waals surface area contributed by atoms with Crippen LogP contribution in [-0.2, 0) is 19.4 Å². The standard InChI is InChI=1S/C18H20BrN/c1-12-8-13(2)18(17(19)9-12)20-11-14-6-7-15-4-3-5-16(15)10-14/h6-10,20H,3-5,11H2,1-2H3. The summed E-state index contributed by atoms with van der Waals surface area (Å²) in [5, 5.41) is 3.57. The first-order valence-electron chi connectivity index (χ1n) is 7.25. The zero-order valence-corrected chi connectivity index (χ0v) is 13.7. The molecule has 0 amide bonds. The lowest BCUT2D eigenvalue weighted by molar-refractivity contribution is 0.911. The van der Waals surface area contributed by atoms with E-state index >= 15 is 0 Å². The van der Waals surface area contributed by atoms with E-state index in [1.165, 1.54) is 41.6 Å². The largest absolute Gasteiger partial charge is 0.380 e. The molecule has 0 saturated carbocycles. The van der Waals surface area contributed by atoms with E-state index in [2.05, 4.69) is 65.4 Å². The monoisotopic (exact) mass is 329 g/mol. The Bertz CT molecular complexity index is 623. The van der Waals surface area contributed by atoms with Crippen molar-refractivity contribution in [3.8, 4) is 0 Å². The van der Waals surface area contributed by atoms with E-state index in [-0.39, 0.29) is 0 Å². The third-order valence-corrected chi connectivity index (χ3v) is 4.69. The molecule has 0 atom stereocenters. The maximum absolute atomic E-state index is 3.66. The van der Waals surface area contributed by atoms with Crippen LogP contribution in [0.1, 0.15) is 34.2 Å². The number of hydrogen-bond donors (Lipinski definition) is 1. The van der Waals surface area contributed by atoms with Crippen molar-refractivity contribution in [2.75, 3.05) is 5.32 Å². The second kappa shape index (κ2) is 5.61. The van der Waals surface area contributed by atoms with Crippen molar-refractivity contribution in [1.29, 1.82) is 0 Å². The summed E-state index contributed by atoms with van der Waals surface area (Å²) in [4.78, 5) is 0. The van der Waals surface area contributed by atoms with Crippen LogP contribution in [-0.4, -0.2) is 0 Å². The Hall–Kier alpha value is -1.28. The summed E-state index contributed by atoms with van der Waals surface area (Å²) in [7, 11) is 0. The highest BCUT2D eigenvalue weighted by atomic mass is 79.9. The number of hydrogen-bond acceptors (Lipinski definition) is 1. The van der Waals surface area contributed by atoms with Gasteiger partial charge in [-0.2, -0.15) is 0 Å². The third kappa shape index (κ3) is 2.76. The van der Waals surface area contributed by atoms with Crippen LogP contribution in [0.25, 0.3) is 0 Å².